The molecule has 1 aromatic rings. The second-order valence-corrected chi connectivity index (χ2v) is 6.41. The minimum absolute atomic E-state index is 0.307. The highest BCUT2D eigenvalue weighted by Gasteiger charge is 2.23. The molecule has 0 radical (unpaired) electrons. The van der Waals surface area contributed by atoms with E-state index in [9.17, 15) is 4.79 Å². The monoisotopic (exact) mass is 329 g/mol. The highest BCUT2D eigenvalue weighted by Crippen LogP contribution is 2.20. The van der Waals surface area contributed by atoms with Crippen molar-refractivity contribution in [3.63, 3.8) is 0 Å². The fraction of sp³-hybridized carbons (Fsp3) is 0.500. The van der Waals surface area contributed by atoms with Crippen LogP contribution in [0.2, 0.25) is 0 Å². The van der Waals surface area contributed by atoms with Gasteiger partial charge in [-0.05, 0) is 12.1 Å². The first-order valence-electron chi connectivity index (χ1n) is 5.87. The van der Waals surface area contributed by atoms with Crippen LogP contribution in [0.15, 0.2) is 22.8 Å². The van der Waals surface area contributed by atoms with Gasteiger partial charge in [-0.25, -0.2) is 0 Å². The van der Waals surface area contributed by atoms with Crippen LogP contribution in [0.5, 0.6) is 0 Å². The molecular formula is C12H16BrN3OS. The van der Waals surface area contributed by atoms with Gasteiger partial charge in [-0.3, -0.25) is 9.78 Å². The van der Waals surface area contributed by atoms with E-state index in [1.807, 2.05) is 23.9 Å². The first kappa shape index (κ1) is 13.8. The van der Waals surface area contributed by atoms with Gasteiger partial charge < -0.3 is 10.6 Å². The minimum Gasteiger partial charge on any atom is -0.369 e. The fourth-order valence-corrected chi connectivity index (χ4v) is 3.31. The lowest BCUT2D eigenvalue weighted by molar-refractivity contribution is -0.119. The van der Waals surface area contributed by atoms with Crippen molar-refractivity contribution in [3.8, 4) is 0 Å². The molecule has 98 valence electrons. The summed E-state index contributed by atoms with van der Waals surface area (Å²) in [5, 5.41) is 0. The van der Waals surface area contributed by atoms with Crippen molar-refractivity contribution in [1.29, 1.82) is 0 Å². The molecule has 6 heteroatoms. The van der Waals surface area contributed by atoms with Crippen LogP contribution in [0, 0.1) is 0 Å². The lowest BCUT2D eigenvalue weighted by atomic mass is 10.0. The summed E-state index contributed by atoms with van der Waals surface area (Å²) >= 11 is 5.35. The van der Waals surface area contributed by atoms with E-state index >= 15 is 0 Å². The Bertz CT molecular complexity index is 424. The maximum Gasteiger partial charge on any atom is 0.227 e. The Kier molecular flexibility index (Phi) is 5.03. The number of rotatable bonds is 4. The molecule has 1 aliphatic rings. The van der Waals surface area contributed by atoms with Crippen molar-refractivity contribution in [2.24, 2.45) is 5.73 Å². The van der Waals surface area contributed by atoms with Crippen molar-refractivity contribution < 1.29 is 4.79 Å². The maximum atomic E-state index is 11.6. The molecule has 1 aromatic heterocycles. The van der Waals surface area contributed by atoms with Crippen LogP contribution >= 0.6 is 27.7 Å². The molecular weight excluding hydrogens is 314 g/mol. The molecule has 1 atom stereocenters. The van der Waals surface area contributed by atoms with Crippen LogP contribution in [-0.4, -0.2) is 46.9 Å². The van der Waals surface area contributed by atoms with E-state index in [2.05, 4.69) is 25.8 Å². The van der Waals surface area contributed by atoms with Gasteiger partial charge in [-0.15, -0.1) is 0 Å². The highest BCUT2D eigenvalue weighted by molar-refractivity contribution is 9.10. The van der Waals surface area contributed by atoms with E-state index in [-0.39, 0.29) is 11.8 Å². The Morgan fingerprint density at radius 2 is 2.28 bits per heavy atom. The number of carbonyl (C=O) groups is 1. The van der Waals surface area contributed by atoms with Crippen LogP contribution in [0.25, 0.3) is 0 Å². The van der Waals surface area contributed by atoms with Crippen LogP contribution < -0.4 is 5.73 Å². The average molecular weight is 330 g/mol. The Morgan fingerprint density at radius 3 is 2.89 bits per heavy atom. The van der Waals surface area contributed by atoms with Gasteiger partial charge >= 0.3 is 0 Å². The fourth-order valence-electron chi connectivity index (χ4n) is 1.98. The van der Waals surface area contributed by atoms with Gasteiger partial charge in [0.05, 0.1) is 11.6 Å². The third-order valence-electron chi connectivity index (χ3n) is 2.99. The summed E-state index contributed by atoms with van der Waals surface area (Å²) in [6.45, 7) is 2.70. The third kappa shape index (κ3) is 3.70. The van der Waals surface area contributed by atoms with Crippen LogP contribution in [0.1, 0.15) is 11.6 Å². The SMILES string of the molecule is NC(=O)C(CN1CCSCC1)c1cc(Br)ccn1. The average Bonchev–Trinajstić information content (AvgIpc) is 2.37. The molecule has 1 saturated heterocycles. The van der Waals surface area contributed by atoms with Crippen molar-refractivity contribution >= 4 is 33.6 Å². The van der Waals surface area contributed by atoms with Gasteiger partial charge in [-0.2, -0.15) is 11.8 Å². The largest absolute Gasteiger partial charge is 0.369 e. The predicted octanol–water partition coefficient (Wildman–Crippen LogP) is 1.46. The topological polar surface area (TPSA) is 59.2 Å². The van der Waals surface area contributed by atoms with Crippen molar-refractivity contribution in [3.05, 3.63) is 28.5 Å². The van der Waals surface area contributed by atoms with E-state index in [1.54, 1.807) is 6.20 Å². The molecule has 2 N–H and O–H groups in total. The number of carbonyl (C=O) groups excluding carboxylic acids is 1. The molecule has 1 unspecified atom stereocenters. The summed E-state index contributed by atoms with van der Waals surface area (Å²) in [6.07, 6.45) is 1.70. The van der Waals surface area contributed by atoms with E-state index in [0.29, 0.717) is 6.54 Å². The first-order valence-corrected chi connectivity index (χ1v) is 7.82. The second-order valence-electron chi connectivity index (χ2n) is 4.27. The molecule has 2 rings (SSSR count). The zero-order chi connectivity index (χ0) is 13.0. The molecule has 0 bridgehead atoms. The number of halogens is 1. The number of nitrogens with two attached hydrogens (primary N) is 1. The lowest BCUT2D eigenvalue weighted by Crippen LogP contribution is -2.39. The number of amides is 1. The second kappa shape index (κ2) is 6.54. The molecule has 4 nitrogen and oxygen atoms in total. The highest BCUT2D eigenvalue weighted by atomic mass is 79.9. The Morgan fingerprint density at radius 1 is 1.56 bits per heavy atom. The van der Waals surface area contributed by atoms with Gasteiger partial charge in [0.1, 0.15) is 0 Å². The maximum absolute atomic E-state index is 11.6. The molecule has 18 heavy (non-hydrogen) atoms. The summed E-state index contributed by atoms with van der Waals surface area (Å²) < 4.78 is 0.924. The number of hydrogen-bond acceptors (Lipinski definition) is 4. The number of nitrogens with zero attached hydrogens (tertiary/aromatic N) is 2. The van der Waals surface area contributed by atoms with Crippen LogP contribution in [-0.2, 0) is 4.79 Å². The van der Waals surface area contributed by atoms with Gasteiger partial charge in [0.15, 0.2) is 0 Å². The quantitative estimate of drug-likeness (QED) is 0.908. The summed E-state index contributed by atoms with van der Waals surface area (Å²) in [5.41, 5.74) is 6.26. The molecule has 1 fully saturated rings. The minimum atomic E-state index is -0.328. The third-order valence-corrected chi connectivity index (χ3v) is 4.42. The molecule has 1 amide bonds. The first-order chi connectivity index (χ1) is 8.66. The summed E-state index contributed by atoms with van der Waals surface area (Å²) in [5.74, 6) is 1.61. The number of thioether (sulfide) groups is 1. The molecule has 1 aliphatic heterocycles. The predicted molar refractivity (Wildman–Crippen MR) is 77.6 cm³/mol. The Balaban J connectivity index is 2.10. The van der Waals surface area contributed by atoms with Crippen LogP contribution in [0.3, 0.4) is 0 Å². The van der Waals surface area contributed by atoms with Gasteiger partial charge in [0.25, 0.3) is 0 Å². The van der Waals surface area contributed by atoms with E-state index in [1.165, 1.54) is 0 Å². The number of aromatic nitrogens is 1. The normalized spacial score (nSPS) is 18.5. The molecule has 2 heterocycles. The van der Waals surface area contributed by atoms with Crippen molar-refractivity contribution in [1.82, 2.24) is 9.88 Å². The van der Waals surface area contributed by atoms with E-state index in [4.69, 9.17) is 5.73 Å². The van der Waals surface area contributed by atoms with Crippen molar-refractivity contribution in [2.75, 3.05) is 31.1 Å². The number of hydrogen-bond donors (Lipinski definition) is 1. The number of pyridine rings is 1. The van der Waals surface area contributed by atoms with E-state index in [0.717, 1.165) is 34.8 Å². The number of primary amides is 1. The summed E-state index contributed by atoms with van der Waals surface area (Å²) in [7, 11) is 0. The van der Waals surface area contributed by atoms with Gasteiger partial charge in [0, 0.05) is 41.8 Å². The zero-order valence-electron chi connectivity index (χ0n) is 10.0. The summed E-state index contributed by atoms with van der Waals surface area (Å²) in [6, 6.07) is 3.72. The Labute approximate surface area is 119 Å². The molecule has 0 spiro atoms. The Hall–Kier alpha value is -0.590. The summed E-state index contributed by atoms with van der Waals surface area (Å²) in [4.78, 5) is 18.2. The van der Waals surface area contributed by atoms with Gasteiger partial charge in [0.2, 0.25) is 5.91 Å². The van der Waals surface area contributed by atoms with Crippen molar-refractivity contribution in [2.45, 2.75) is 5.92 Å². The standard InChI is InChI=1S/C12H16BrN3OS/c13-9-1-2-15-11(7-9)10(12(14)17)8-16-3-5-18-6-4-16/h1-2,7,10H,3-6,8H2,(H2,14,17). The smallest absolute Gasteiger partial charge is 0.227 e. The molecule has 0 saturated carbocycles. The molecule has 0 aliphatic carbocycles. The van der Waals surface area contributed by atoms with Crippen LogP contribution in [0.4, 0.5) is 0 Å². The molecule has 0 aromatic carbocycles. The lowest BCUT2D eigenvalue weighted by Gasteiger charge is -2.28. The van der Waals surface area contributed by atoms with E-state index < -0.39 is 0 Å². The zero-order valence-corrected chi connectivity index (χ0v) is 12.4. The van der Waals surface area contributed by atoms with Gasteiger partial charge in [-0.1, -0.05) is 15.9 Å².